The Morgan fingerprint density at radius 3 is 2.39 bits per heavy atom. The minimum absolute atomic E-state index is 0.246. The van der Waals surface area contributed by atoms with Crippen molar-refractivity contribution >= 4 is 44.5 Å². The molecule has 0 heterocycles. The summed E-state index contributed by atoms with van der Waals surface area (Å²) in [6.07, 6.45) is 0. The van der Waals surface area contributed by atoms with Crippen molar-refractivity contribution in [3.05, 3.63) is 24.3 Å². The first kappa shape index (κ1) is 15.9. The van der Waals surface area contributed by atoms with Crippen LogP contribution < -0.4 is 5.32 Å². The van der Waals surface area contributed by atoms with Gasteiger partial charge in [-0.1, -0.05) is 80.6 Å². The molecule has 0 radical (unpaired) electrons. The van der Waals surface area contributed by atoms with Gasteiger partial charge in [0.15, 0.2) is 0 Å². The lowest BCUT2D eigenvalue weighted by molar-refractivity contribution is 0.810. The van der Waals surface area contributed by atoms with E-state index in [-0.39, 0.29) is 4.75 Å². The number of nitrogens with one attached hydrogen (secondary N) is 1. The molecule has 0 aliphatic carbocycles. The Balaban J connectivity index is 2.77. The van der Waals surface area contributed by atoms with E-state index >= 15 is 0 Å². The number of anilines is 1. The molecule has 0 saturated heterocycles. The molecule has 0 unspecified atom stereocenters. The molecule has 0 bridgehead atoms. The molecule has 4 heteroatoms. The van der Waals surface area contributed by atoms with Crippen molar-refractivity contribution in [3.63, 3.8) is 0 Å². The second kappa shape index (κ2) is 6.83. The lowest BCUT2D eigenvalue weighted by Gasteiger charge is -2.18. The van der Waals surface area contributed by atoms with Crippen molar-refractivity contribution in [2.24, 2.45) is 5.92 Å². The van der Waals surface area contributed by atoms with E-state index in [4.69, 9.17) is 12.2 Å². The Labute approximate surface area is 124 Å². The molecule has 0 atom stereocenters. The summed E-state index contributed by atoms with van der Waals surface area (Å²) in [6, 6.07) is 8.32. The van der Waals surface area contributed by atoms with Crippen LogP contribution in [-0.2, 0) is 0 Å². The molecular formula is C14H21NS3. The normalized spacial score (nSPS) is 11.7. The van der Waals surface area contributed by atoms with Crippen LogP contribution in [0.5, 0.6) is 0 Å². The largest absolute Gasteiger partial charge is 0.349 e. The summed E-state index contributed by atoms with van der Waals surface area (Å²) in [6.45, 7) is 10.9. The Kier molecular flexibility index (Phi) is 6.02. The minimum Gasteiger partial charge on any atom is -0.349 e. The molecule has 0 amide bonds. The van der Waals surface area contributed by atoms with Crippen molar-refractivity contribution in [2.45, 2.75) is 44.3 Å². The van der Waals surface area contributed by atoms with Gasteiger partial charge in [-0.2, -0.15) is 0 Å². The molecule has 0 saturated carbocycles. The third-order valence-corrected chi connectivity index (χ3v) is 6.03. The first-order valence-corrected chi connectivity index (χ1v) is 8.61. The highest BCUT2D eigenvalue weighted by atomic mass is 33.1. The molecule has 1 aromatic rings. The highest BCUT2D eigenvalue weighted by Gasteiger charge is 2.14. The second-order valence-electron chi connectivity index (χ2n) is 5.42. The molecule has 0 aromatic heterocycles. The molecule has 100 valence electrons. The van der Waals surface area contributed by atoms with Gasteiger partial charge in [-0.05, 0) is 12.1 Å². The van der Waals surface area contributed by atoms with Crippen LogP contribution in [0.25, 0.3) is 0 Å². The Morgan fingerprint density at radius 2 is 1.83 bits per heavy atom. The summed E-state index contributed by atoms with van der Waals surface area (Å²) >= 11 is 5.35. The van der Waals surface area contributed by atoms with Crippen LogP contribution in [0.2, 0.25) is 0 Å². The third kappa shape index (κ3) is 5.63. The molecule has 1 N–H and O–H groups in total. The number of benzene rings is 1. The Hall–Kier alpha value is -0.190. The van der Waals surface area contributed by atoms with Crippen LogP contribution >= 0.6 is 33.8 Å². The zero-order valence-electron chi connectivity index (χ0n) is 11.6. The molecule has 18 heavy (non-hydrogen) atoms. The molecule has 0 aliphatic heterocycles. The monoisotopic (exact) mass is 299 g/mol. The van der Waals surface area contributed by atoms with Gasteiger partial charge in [-0.3, -0.25) is 0 Å². The molecular weight excluding hydrogens is 278 g/mol. The van der Waals surface area contributed by atoms with E-state index in [9.17, 15) is 0 Å². The van der Waals surface area contributed by atoms with E-state index in [1.807, 2.05) is 16.9 Å². The van der Waals surface area contributed by atoms with E-state index in [2.05, 4.69) is 58.1 Å². The van der Waals surface area contributed by atoms with Crippen molar-refractivity contribution < 1.29 is 0 Å². The van der Waals surface area contributed by atoms with E-state index < -0.39 is 0 Å². The molecule has 0 spiro atoms. The molecule has 1 aromatic carbocycles. The average Bonchev–Trinajstić information content (AvgIpc) is 2.26. The van der Waals surface area contributed by atoms with Crippen LogP contribution in [0.3, 0.4) is 0 Å². The number of hydrogen-bond donors (Lipinski definition) is 1. The average molecular weight is 300 g/mol. The van der Waals surface area contributed by atoms with E-state index in [0.29, 0.717) is 5.92 Å². The first-order valence-electron chi connectivity index (χ1n) is 6.05. The highest BCUT2D eigenvalue weighted by molar-refractivity contribution is 8.77. The van der Waals surface area contributed by atoms with Gasteiger partial charge in [-0.25, -0.2) is 0 Å². The van der Waals surface area contributed by atoms with Gasteiger partial charge in [0.05, 0.1) is 10.7 Å². The van der Waals surface area contributed by atoms with E-state index in [1.54, 1.807) is 10.8 Å². The molecule has 1 nitrogen and oxygen atoms in total. The maximum Gasteiger partial charge on any atom is 0.0823 e. The quantitative estimate of drug-likeness (QED) is 0.571. The van der Waals surface area contributed by atoms with Crippen LogP contribution in [-0.4, -0.2) is 9.74 Å². The minimum atomic E-state index is 0.246. The van der Waals surface area contributed by atoms with Crippen LogP contribution in [0.4, 0.5) is 5.69 Å². The second-order valence-corrected chi connectivity index (χ2v) is 8.86. The number of thiocarbonyl (C=S) groups is 1. The SMILES string of the molecule is CC(C)C(=S)Nc1ccccc1SSC(C)(C)C. The molecule has 1 rings (SSSR count). The Morgan fingerprint density at radius 1 is 1.22 bits per heavy atom. The zero-order valence-corrected chi connectivity index (χ0v) is 14.1. The van der Waals surface area contributed by atoms with Crippen LogP contribution in [0.1, 0.15) is 34.6 Å². The van der Waals surface area contributed by atoms with E-state index in [0.717, 1.165) is 10.7 Å². The summed E-state index contributed by atoms with van der Waals surface area (Å²) in [5.41, 5.74) is 1.11. The fourth-order valence-corrected chi connectivity index (χ4v) is 3.34. The number of hydrogen-bond acceptors (Lipinski definition) is 3. The Bertz CT molecular complexity index is 408. The fraction of sp³-hybridized carbons (Fsp3) is 0.500. The lowest BCUT2D eigenvalue weighted by Crippen LogP contribution is -2.15. The third-order valence-electron chi connectivity index (χ3n) is 2.05. The molecule has 0 fully saturated rings. The van der Waals surface area contributed by atoms with Crippen LogP contribution in [0.15, 0.2) is 29.2 Å². The lowest BCUT2D eigenvalue weighted by atomic mass is 10.2. The summed E-state index contributed by atoms with van der Waals surface area (Å²) in [7, 11) is 3.67. The summed E-state index contributed by atoms with van der Waals surface area (Å²) < 4.78 is 0.246. The maximum atomic E-state index is 5.35. The van der Waals surface area contributed by atoms with Crippen molar-refractivity contribution in [1.29, 1.82) is 0 Å². The number of rotatable bonds is 4. The molecule has 0 aliphatic rings. The van der Waals surface area contributed by atoms with Gasteiger partial charge in [0.2, 0.25) is 0 Å². The van der Waals surface area contributed by atoms with Crippen molar-refractivity contribution in [1.82, 2.24) is 0 Å². The van der Waals surface area contributed by atoms with Gasteiger partial charge >= 0.3 is 0 Å². The smallest absolute Gasteiger partial charge is 0.0823 e. The maximum absolute atomic E-state index is 5.35. The fourth-order valence-electron chi connectivity index (χ4n) is 1.09. The standard InChI is InChI=1S/C14H21NS3/c1-10(2)13(16)15-11-8-6-7-9-12(11)17-18-14(3,4)5/h6-10H,1-5H3,(H,15,16). The zero-order chi connectivity index (χ0) is 13.8. The van der Waals surface area contributed by atoms with Gasteiger partial charge in [0, 0.05) is 15.6 Å². The summed E-state index contributed by atoms with van der Waals surface area (Å²) in [4.78, 5) is 2.13. The summed E-state index contributed by atoms with van der Waals surface area (Å²) in [5.74, 6) is 0.369. The van der Waals surface area contributed by atoms with Crippen molar-refractivity contribution in [3.8, 4) is 0 Å². The predicted molar refractivity (Wildman–Crippen MR) is 90.7 cm³/mol. The summed E-state index contributed by atoms with van der Waals surface area (Å²) in [5, 5.41) is 3.34. The van der Waals surface area contributed by atoms with E-state index in [1.165, 1.54) is 4.90 Å². The van der Waals surface area contributed by atoms with Gasteiger partial charge in [0.1, 0.15) is 0 Å². The highest BCUT2D eigenvalue weighted by Crippen LogP contribution is 2.43. The number of para-hydroxylation sites is 1. The van der Waals surface area contributed by atoms with Gasteiger partial charge in [-0.15, -0.1) is 0 Å². The van der Waals surface area contributed by atoms with Gasteiger partial charge in [0.25, 0.3) is 0 Å². The van der Waals surface area contributed by atoms with Gasteiger partial charge < -0.3 is 5.32 Å². The topological polar surface area (TPSA) is 12.0 Å². The van der Waals surface area contributed by atoms with Crippen molar-refractivity contribution in [2.75, 3.05) is 5.32 Å². The first-order chi connectivity index (χ1) is 8.29. The van der Waals surface area contributed by atoms with Crippen LogP contribution in [0, 0.1) is 5.92 Å². The predicted octanol–water partition coefficient (Wildman–Crippen LogP) is 5.62.